The summed E-state index contributed by atoms with van der Waals surface area (Å²) in [4.78, 5) is 36.3. The molecule has 2 unspecified atom stereocenters. The van der Waals surface area contributed by atoms with Crippen LogP contribution in [0.3, 0.4) is 0 Å². The Hall–Kier alpha value is -2.67. The first-order valence-corrected chi connectivity index (χ1v) is 21.0. The Morgan fingerprint density at radius 1 is 0.588 bits per heavy atom. The second-order valence-electron chi connectivity index (χ2n) is 14.0. The number of hydrogen-bond acceptors (Lipinski definition) is 5. The summed E-state index contributed by atoms with van der Waals surface area (Å²) in [6, 6.07) is -0.858. The van der Waals surface area contributed by atoms with E-state index in [-0.39, 0.29) is 18.0 Å². The number of amides is 1. The molecule has 4 N–H and O–H groups in total. The molecule has 2 atom stereocenters. The number of carbonyl (C=O) groups is 3. The largest absolute Gasteiger partial charge is 0.480 e. The molecule has 51 heavy (non-hydrogen) atoms. The molecule has 0 fully saturated rings. The van der Waals surface area contributed by atoms with Gasteiger partial charge in [0.25, 0.3) is 0 Å². The predicted molar refractivity (Wildman–Crippen MR) is 216 cm³/mol. The summed E-state index contributed by atoms with van der Waals surface area (Å²) >= 11 is 0. The van der Waals surface area contributed by atoms with Crippen molar-refractivity contribution in [3.63, 3.8) is 0 Å². The van der Waals surface area contributed by atoms with Crippen LogP contribution in [0, 0.1) is 0 Å². The second-order valence-corrected chi connectivity index (χ2v) is 14.0. The van der Waals surface area contributed by atoms with E-state index in [0.29, 0.717) is 32.2 Å². The molecule has 7 heteroatoms. The number of rotatable bonds is 37. The average Bonchev–Trinajstić information content (AvgIpc) is 3.11. The zero-order valence-electron chi connectivity index (χ0n) is 32.9. The van der Waals surface area contributed by atoms with Gasteiger partial charge < -0.3 is 20.9 Å². The molecule has 0 aliphatic heterocycles. The van der Waals surface area contributed by atoms with Crippen molar-refractivity contribution in [3.05, 3.63) is 48.6 Å². The molecule has 0 bridgehead atoms. The summed E-state index contributed by atoms with van der Waals surface area (Å²) in [6.07, 6.45) is 45.8. The number of unbranched alkanes of at least 4 members (excludes halogenated alkanes) is 15. The van der Waals surface area contributed by atoms with E-state index >= 15 is 0 Å². The van der Waals surface area contributed by atoms with Crippen molar-refractivity contribution in [3.8, 4) is 0 Å². The average molecular weight is 715 g/mol. The molecular formula is C44H78N2O5. The molecule has 0 aromatic heterocycles. The van der Waals surface area contributed by atoms with Crippen LogP contribution in [0.25, 0.3) is 0 Å². The van der Waals surface area contributed by atoms with Gasteiger partial charge in [0, 0.05) is 12.8 Å². The Balaban J connectivity index is 4.27. The zero-order valence-corrected chi connectivity index (χ0v) is 32.9. The molecule has 0 saturated heterocycles. The predicted octanol–water partition coefficient (Wildman–Crippen LogP) is 11.6. The van der Waals surface area contributed by atoms with E-state index in [1.807, 2.05) is 0 Å². The number of aliphatic carboxylic acids is 1. The third-order valence-corrected chi connectivity index (χ3v) is 9.16. The number of esters is 1. The molecule has 0 aliphatic rings. The first-order valence-electron chi connectivity index (χ1n) is 21.0. The molecule has 1 amide bonds. The Kier molecular flexibility index (Phi) is 36.5. The molecule has 0 rings (SSSR count). The number of carboxylic acids is 1. The quantitative estimate of drug-likeness (QED) is 0.0335. The Morgan fingerprint density at radius 3 is 1.63 bits per heavy atom. The van der Waals surface area contributed by atoms with Gasteiger partial charge in [0.15, 0.2) is 0 Å². The third kappa shape index (κ3) is 35.5. The Labute approximate surface area is 313 Å². The number of carbonyl (C=O) groups excluding carboxylic acids is 2. The van der Waals surface area contributed by atoms with Gasteiger partial charge in [0.05, 0.1) is 0 Å². The lowest BCUT2D eigenvalue weighted by Gasteiger charge is -2.18. The molecule has 0 radical (unpaired) electrons. The molecule has 0 aliphatic carbocycles. The van der Waals surface area contributed by atoms with Crippen molar-refractivity contribution < 1.29 is 24.2 Å². The summed E-state index contributed by atoms with van der Waals surface area (Å²) in [5.41, 5.74) is 5.48. The molecule has 0 saturated carbocycles. The normalized spacial score (nSPS) is 13.2. The van der Waals surface area contributed by atoms with Crippen molar-refractivity contribution in [2.24, 2.45) is 5.73 Å². The van der Waals surface area contributed by atoms with Crippen LogP contribution in [-0.2, 0) is 19.1 Å². The first kappa shape index (κ1) is 48.3. The van der Waals surface area contributed by atoms with Crippen molar-refractivity contribution >= 4 is 17.8 Å². The summed E-state index contributed by atoms with van der Waals surface area (Å²) in [7, 11) is 0. The molecular weight excluding hydrogens is 636 g/mol. The highest BCUT2D eigenvalue weighted by atomic mass is 16.5. The van der Waals surface area contributed by atoms with Crippen LogP contribution in [-0.4, -0.2) is 41.6 Å². The number of carboxylic acid groups (broad SMARTS) is 1. The highest BCUT2D eigenvalue weighted by Gasteiger charge is 2.19. The highest BCUT2D eigenvalue weighted by Crippen LogP contribution is 2.19. The van der Waals surface area contributed by atoms with Gasteiger partial charge in [0.2, 0.25) is 5.91 Å². The van der Waals surface area contributed by atoms with Crippen molar-refractivity contribution in [1.29, 1.82) is 0 Å². The SMILES string of the molecule is CC/C=C\C/C=C\C/C=C\C/C=C\CCCCCCC(=O)OC(CCCCCCCCCC)CCCCCCCC(=O)NC(CCCN)C(=O)O. The van der Waals surface area contributed by atoms with E-state index in [4.69, 9.17) is 10.5 Å². The molecule has 0 spiro atoms. The van der Waals surface area contributed by atoms with E-state index in [9.17, 15) is 19.5 Å². The summed E-state index contributed by atoms with van der Waals surface area (Å²) in [6.45, 7) is 4.81. The van der Waals surface area contributed by atoms with Gasteiger partial charge >= 0.3 is 11.9 Å². The second kappa shape index (κ2) is 38.6. The minimum atomic E-state index is -1.01. The Bertz CT molecular complexity index is 942. The lowest BCUT2D eigenvalue weighted by Crippen LogP contribution is -2.40. The lowest BCUT2D eigenvalue weighted by atomic mass is 10.0. The Morgan fingerprint density at radius 2 is 1.08 bits per heavy atom. The van der Waals surface area contributed by atoms with Gasteiger partial charge in [-0.1, -0.05) is 140 Å². The maximum atomic E-state index is 12.7. The number of allylic oxidation sites excluding steroid dienone is 8. The summed E-state index contributed by atoms with van der Waals surface area (Å²) < 4.78 is 6.01. The first-order chi connectivity index (χ1) is 24.9. The summed E-state index contributed by atoms with van der Waals surface area (Å²) in [5, 5.41) is 11.9. The fraction of sp³-hybridized carbons (Fsp3) is 0.750. The third-order valence-electron chi connectivity index (χ3n) is 9.16. The number of hydrogen-bond donors (Lipinski definition) is 3. The van der Waals surface area contributed by atoms with Gasteiger partial charge in [-0.05, 0) is 96.4 Å². The standard InChI is InChI=1S/C44H78N2O5/c1-3-5-7-9-11-13-14-15-16-17-18-19-20-21-23-28-32-38-43(48)51-40(34-29-25-22-12-10-8-6-4-2)35-30-26-24-27-31-37-42(47)46-41(44(49)50)36-33-39-45/h5,7,11,13,15-16,18-19,40-41H,3-4,6,8-10,12,14,17,20-39,45H2,1-2H3,(H,46,47)(H,49,50)/b7-5-,13-11-,16-15-,19-18-. The van der Waals surface area contributed by atoms with Crippen molar-refractivity contribution in [1.82, 2.24) is 5.32 Å². The molecule has 0 heterocycles. The van der Waals surface area contributed by atoms with Crippen LogP contribution >= 0.6 is 0 Å². The van der Waals surface area contributed by atoms with E-state index in [0.717, 1.165) is 109 Å². The number of nitrogens with one attached hydrogen (secondary N) is 1. The van der Waals surface area contributed by atoms with Gasteiger partial charge in [-0.2, -0.15) is 0 Å². The highest BCUT2D eigenvalue weighted by molar-refractivity contribution is 5.83. The van der Waals surface area contributed by atoms with E-state index < -0.39 is 12.0 Å². The van der Waals surface area contributed by atoms with Crippen molar-refractivity contribution in [2.75, 3.05) is 6.54 Å². The van der Waals surface area contributed by atoms with Gasteiger partial charge in [-0.15, -0.1) is 0 Å². The van der Waals surface area contributed by atoms with Crippen LogP contribution < -0.4 is 11.1 Å². The van der Waals surface area contributed by atoms with Crippen LogP contribution in [0.5, 0.6) is 0 Å². The van der Waals surface area contributed by atoms with Gasteiger partial charge in [-0.3, -0.25) is 9.59 Å². The number of nitrogens with two attached hydrogens (primary N) is 1. The van der Waals surface area contributed by atoms with E-state index in [1.54, 1.807) is 0 Å². The topological polar surface area (TPSA) is 119 Å². The van der Waals surface area contributed by atoms with Crippen LogP contribution in [0.1, 0.15) is 194 Å². The van der Waals surface area contributed by atoms with Crippen LogP contribution in [0.15, 0.2) is 48.6 Å². The van der Waals surface area contributed by atoms with Crippen molar-refractivity contribution in [2.45, 2.75) is 206 Å². The zero-order chi connectivity index (χ0) is 37.5. The molecule has 0 aromatic rings. The molecule has 7 nitrogen and oxygen atoms in total. The molecule has 0 aromatic carbocycles. The van der Waals surface area contributed by atoms with E-state index in [2.05, 4.69) is 67.8 Å². The minimum Gasteiger partial charge on any atom is -0.480 e. The fourth-order valence-electron chi connectivity index (χ4n) is 6.03. The lowest BCUT2D eigenvalue weighted by molar-refractivity contribution is -0.150. The fourth-order valence-corrected chi connectivity index (χ4v) is 6.03. The van der Waals surface area contributed by atoms with Gasteiger partial charge in [0.1, 0.15) is 12.1 Å². The number of ether oxygens (including phenoxy) is 1. The monoisotopic (exact) mass is 715 g/mol. The molecule has 294 valence electrons. The van der Waals surface area contributed by atoms with Crippen LogP contribution in [0.2, 0.25) is 0 Å². The van der Waals surface area contributed by atoms with E-state index in [1.165, 1.54) is 44.9 Å². The maximum absolute atomic E-state index is 12.7. The van der Waals surface area contributed by atoms with Crippen LogP contribution in [0.4, 0.5) is 0 Å². The summed E-state index contributed by atoms with van der Waals surface area (Å²) in [5.74, 6) is -1.26. The maximum Gasteiger partial charge on any atom is 0.326 e. The minimum absolute atomic E-state index is 0.00278. The van der Waals surface area contributed by atoms with Gasteiger partial charge in [-0.25, -0.2) is 4.79 Å². The smallest absolute Gasteiger partial charge is 0.326 e.